The van der Waals surface area contributed by atoms with Gasteiger partial charge in [0.15, 0.2) is 17.5 Å². The minimum absolute atomic E-state index is 0. The topological polar surface area (TPSA) is 67.4 Å². The summed E-state index contributed by atoms with van der Waals surface area (Å²) in [6, 6.07) is 11.3. The van der Waals surface area contributed by atoms with Gasteiger partial charge in [-0.3, -0.25) is 4.99 Å². The summed E-state index contributed by atoms with van der Waals surface area (Å²) in [5.41, 5.74) is 2.85. The fourth-order valence-electron chi connectivity index (χ4n) is 3.02. The average Bonchev–Trinajstić information content (AvgIpc) is 3.15. The van der Waals surface area contributed by atoms with Crippen molar-refractivity contribution < 1.29 is 23.0 Å². The Bertz CT molecular complexity index is 880. The van der Waals surface area contributed by atoms with Gasteiger partial charge in [0, 0.05) is 38.3 Å². The average molecular weight is 548 g/mol. The quantitative estimate of drug-likeness (QED) is 0.299. The van der Waals surface area contributed by atoms with Gasteiger partial charge in [0.1, 0.15) is 5.75 Å². The van der Waals surface area contributed by atoms with Crippen LogP contribution in [-0.2, 0) is 19.6 Å². The van der Waals surface area contributed by atoms with E-state index in [2.05, 4.69) is 49.5 Å². The van der Waals surface area contributed by atoms with Gasteiger partial charge in [0.25, 0.3) is 0 Å². The van der Waals surface area contributed by atoms with E-state index < -0.39 is 6.61 Å². The second-order valence-electron chi connectivity index (χ2n) is 7.03. The van der Waals surface area contributed by atoms with Gasteiger partial charge in [-0.05, 0) is 31.3 Å². The normalized spacial score (nSPS) is 12.7. The van der Waals surface area contributed by atoms with E-state index in [1.165, 1.54) is 11.6 Å². The number of alkyl halides is 2. The van der Waals surface area contributed by atoms with E-state index in [-0.39, 0.29) is 43.1 Å². The summed E-state index contributed by atoms with van der Waals surface area (Å²) in [4.78, 5) is 6.29. The SMILES string of the molecule is CN=C(NCc1ccc(CN(C)C)cc1)NCc1cc2c(cc1OC(F)F)OCO2.I. The van der Waals surface area contributed by atoms with Crippen molar-refractivity contribution in [1.29, 1.82) is 0 Å². The lowest BCUT2D eigenvalue weighted by molar-refractivity contribution is -0.0505. The molecule has 0 radical (unpaired) electrons. The lowest BCUT2D eigenvalue weighted by Crippen LogP contribution is -2.36. The van der Waals surface area contributed by atoms with E-state index in [1.54, 1.807) is 13.1 Å². The second-order valence-corrected chi connectivity index (χ2v) is 7.03. The number of nitrogens with zero attached hydrogens (tertiary/aromatic N) is 2. The number of guanidine groups is 1. The van der Waals surface area contributed by atoms with Crippen LogP contribution in [-0.4, -0.2) is 45.4 Å². The van der Waals surface area contributed by atoms with E-state index in [1.807, 2.05) is 14.1 Å². The van der Waals surface area contributed by atoms with Crippen LogP contribution < -0.4 is 24.8 Å². The van der Waals surface area contributed by atoms with Gasteiger partial charge in [0.05, 0.1) is 0 Å². The highest BCUT2D eigenvalue weighted by Crippen LogP contribution is 2.38. The van der Waals surface area contributed by atoms with Crippen molar-refractivity contribution in [3.8, 4) is 17.2 Å². The maximum atomic E-state index is 12.8. The zero-order valence-corrected chi connectivity index (χ0v) is 20.0. The summed E-state index contributed by atoms with van der Waals surface area (Å²) in [5.74, 6) is 1.45. The Morgan fingerprint density at radius 2 is 1.68 bits per heavy atom. The molecule has 0 aliphatic carbocycles. The Hall–Kier alpha value is -2.34. The summed E-state index contributed by atoms with van der Waals surface area (Å²) < 4.78 is 40.7. The summed E-state index contributed by atoms with van der Waals surface area (Å²) in [6.45, 7) is -1.20. The van der Waals surface area contributed by atoms with Crippen molar-refractivity contribution in [1.82, 2.24) is 15.5 Å². The largest absolute Gasteiger partial charge is 0.454 e. The van der Waals surface area contributed by atoms with Crippen molar-refractivity contribution in [2.45, 2.75) is 26.2 Å². The number of halogens is 3. The molecule has 3 rings (SSSR count). The highest BCUT2D eigenvalue weighted by atomic mass is 127. The third kappa shape index (κ3) is 7.39. The number of rotatable bonds is 8. The van der Waals surface area contributed by atoms with Gasteiger partial charge in [-0.2, -0.15) is 8.78 Å². The zero-order valence-electron chi connectivity index (χ0n) is 17.7. The molecule has 0 saturated heterocycles. The number of ether oxygens (including phenoxy) is 3. The predicted molar refractivity (Wildman–Crippen MR) is 125 cm³/mol. The van der Waals surface area contributed by atoms with E-state index in [0.29, 0.717) is 29.6 Å². The minimum atomic E-state index is -2.93. The van der Waals surface area contributed by atoms with Crippen molar-refractivity contribution in [2.24, 2.45) is 4.99 Å². The number of benzene rings is 2. The summed E-state index contributed by atoms with van der Waals surface area (Å²) in [7, 11) is 5.71. The van der Waals surface area contributed by atoms with Crippen LogP contribution in [0.3, 0.4) is 0 Å². The molecule has 2 aromatic carbocycles. The molecule has 2 aromatic rings. The molecule has 7 nitrogen and oxygen atoms in total. The highest BCUT2D eigenvalue weighted by Gasteiger charge is 2.20. The van der Waals surface area contributed by atoms with Crippen molar-refractivity contribution in [2.75, 3.05) is 27.9 Å². The van der Waals surface area contributed by atoms with Gasteiger partial charge in [0.2, 0.25) is 6.79 Å². The second kappa shape index (κ2) is 11.9. The molecule has 2 N–H and O–H groups in total. The van der Waals surface area contributed by atoms with Crippen LogP contribution in [0.25, 0.3) is 0 Å². The van der Waals surface area contributed by atoms with Gasteiger partial charge < -0.3 is 29.7 Å². The fraction of sp³-hybridized carbons (Fsp3) is 0.381. The van der Waals surface area contributed by atoms with Crippen LogP contribution in [0, 0.1) is 0 Å². The standard InChI is InChI=1S/C21H26F2N4O3.HI/c1-24-21(25-10-14-4-6-15(7-5-14)12-27(2)3)26-11-16-8-18-19(29-13-28-18)9-17(16)30-20(22)23;/h4-9,20H,10-13H2,1-3H3,(H2,24,25,26);1H. The molecule has 0 unspecified atom stereocenters. The lowest BCUT2D eigenvalue weighted by Gasteiger charge is -2.15. The molecule has 0 bridgehead atoms. The summed E-state index contributed by atoms with van der Waals surface area (Å²) in [5, 5.41) is 6.32. The van der Waals surface area contributed by atoms with E-state index in [9.17, 15) is 8.78 Å². The van der Waals surface area contributed by atoms with E-state index >= 15 is 0 Å². The Morgan fingerprint density at radius 3 is 2.29 bits per heavy atom. The first-order valence-corrected chi connectivity index (χ1v) is 9.49. The minimum Gasteiger partial charge on any atom is -0.454 e. The summed E-state index contributed by atoms with van der Waals surface area (Å²) >= 11 is 0. The monoisotopic (exact) mass is 548 g/mol. The molecule has 1 aliphatic heterocycles. The van der Waals surface area contributed by atoms with E-state index in [0.717, 1.165) is 12.1 Å². The Labute approximate surface area is 197 Å². The molecule has 0 saturated carbocycles. The Kier molecular flexibility index (Phi) is 9.56. The molecular weight excluding hydrogens is 521 g/mol. The van der Waals surface area contributed by atoms with Crippen LogP contribution in [0.2, 0.25) is 0 Å². The molecule has 0 spiro atoms. The molecule has 1 aliphatic rings. The number of hydrogen-bond donors (Lipinski definition) is 2. The molecule has 10 heteroatoms. The van der Waals surface area contributed by atoms with Crippen LogP contribution in [0.1, 0.15) is 16.7 Å². The van der Waals surface area contributed by atoms with Gasteiger partial charge in [-0.1, -0.05) is 24.3 Å². The molecule has 0 fully saturated rings. The van der Waals surface area contributed by atoms with E-state index in [4.69, 9.17) is 9.47 Å². The molecular formula is C21H27F2IN4O3. The third-order valence-corrected chi connectivity index (χ3v) is 4.42. The van der Waals surface area contributed by atoms with Crippen molar-refractivity contribution >= 4 is 29.9 Å². The molecule has 0 amide bonds. The fourth-order valence-corrected chi connectivity index (χ4v) is 3.02. The highest BCUT2D eigenvalue weighted by molar-refractivity contribution is 14.0. The van der Waals surface area contributed by atoms with Crippen molar-refractivity contribution in [3.05, 3.63) is 53.1 Å². The van der Waals surface area contributed by atoms with Gasteiger partial charge in [-0.25, -0.2) is 0 Å². The van der Waals surface area contributed by atoms with Crippen LogP contribution in [0.15, 0.2) is 41.4 Å². The Morgan fingerprint density at radius 1 is 1.06 bits per heavy atom. The first-order chi connectivity index (χ1) is 14.4. The number of nitrogens with one attached hydrogen (secondary N) is 2. The first-order valence-electron chi connectivity index (χ1n) is 9.49. The van der Waals surface area contributed by atoms with Crippen molar-refractivity contribution in [3.63, 3.8) is 0 Å². The maximum absolute atomic E-state index is 12.8. The molecule has 0 atom stereocenters. The maximum Gasteiger partial charge on any atom is 0.387 e. The number of fused-ring (bicyclic) bond motifs is 1. The van der Waals surface area contributed by atoms with Crippen LogP contribution >= 0.6 is 24.0 Å². The number of hydrogen-bond acceptors (Lipinski definition) is 5. The predicted octanol–water partition coefficient (Wildman–Crippen LogP) is 3.56. The van der Waals surface area contributed by atoms with Crippen LogP contribution in [0.4, 0.5) is 8.78 Å². The molecule has 1 heterocycles. The lowest BCUT2D eigenvalue weighted by atomic mass is 10.1. The van der Waals surface area contributed by atoms with Gasteiger partial charge >= 0.3 is 6.61 Å². The molecule has 170 valence electrons. The zero-order chi connectivity index (χ0) is 21.5. The first kappa shape index (κ1) is 24.9. The number of aliphatic imine (C=N–C) groups is 1. The summed E-state index contributed by atoms with van der Waals surface area (Å²) in [6.07, 6.45) is 0. The molecule has 0 aromatic heterocycles. The third-order valence-electron chi connectivity index (χ3n) is 4.42. The smallest absolute Gasteiger partial charge is 0.387 e. The van der Waals surface area contributed by atoms with Crippen LogP contribution in [0.5, 0.6) is 17.2 Å². The molecule has 31 heavy (non-hydrogen) atoms. The van der Waals surface area contributed by atoms with Gasteiger partial charge in [-0.15, -0.1) is 24.0 Å². The Balaban J connectivity index is 0.00000341.